The Labute approximate surface area is 268 Å². The summed E-state index contributed by atoms with van der Waals surface area (Å²) < 4.78 is 37.2. The third kappa shape index (κ3) is 5.23. The number of cyclic esters (lactones) is 1. The molecule has 0 amide bonds. The number of nitrogens with two attached hydrogens (primary N) is 1. The largest absolute Gasteiger partial charge is 0.508 e. The topological polar surface area (TPSA) is 265 Å². The van der Waals surface area contributed by atoms with E-state index in [1.54, 1.807) is 4.57 Å². The molecule has 4 aliphatic rings. The van der Waals surface area contributed by atoms with Crippen LogP contribution < -0.4 is 16.6 Å². The van der Waals surface area contributed by atoms with Crippen LogP contribution in [-0.2, 0) is 46.2 Å². The number of aromatic nitrogens is 7. The minimum Gasteiger partial charge on any atom is -0.431 e. The molecule has 3 saturated heterocycles. The van der Waals surface area contributed by atoms with E-state index in [-0.39, 0.29) is 17.1 Å². The van der Waals surface area contributed by atoms with Crippen LogP contribution in [0.25, 0.3) is 22.2 Å². The number of rotatable bonds is 2. The molecule has 2 bridgehead atoms. The summed E-state index contributed by atoms with van der Waals surface area (Å²) in [5, 5.41) is 26.7. The molecular formula is C25H28N9O11PS. The smallest absolute Gasteiger partial charge is 0.431 e. The zero-order chi connectivity index (χ0) is 32.6. The second-order valence-corrected chi connectivity index (χ2v) is 14.2. The fourth-order valence-corrected chi connectivity index (χ4v) is 7.81. The van der Waals surface area contributed by atoms with Crippen molar-refractivity contribution >= 4 is 58.6 Å². The summed E-state index contributed by atoms with van der Waals surface area (Å²) in [4.78, 5) is 55.7. The molecule has 0 saturated carbocycles. The predicted molar refractivity (Wildman–Crippen MR) is 160 cm³/mol. The Balaban J connectivity index is 1.09. The lowest BCUT2D eigenvalue weighted by molar-refractivity contribution is -0.0841. The fraction of sp³-hybridized carbons (Fsp3) is 0.520. The van der Waals surface area contributed by atoms with Crippen LogP contribution in [0.1, 0.15) is 24.4 Å². The third-order valence-corrected chi connectivity index (χ3v) is 10.0. The van der Waals surface area contributed by atoms with E-state index in [0.29, 0.717) is 11.5 Å². The molecule has 1 unspecified atom stereocenters. The second-order valence-electron chi connectivity index (χ2n) is 11.4. The first-order valence-electron chi connectivity index (χ1n) is 14.5. The minimum atomic E-state index is -4.15. The summed E-state index contributed by atoms with van der Waals surface area (Å²) in [6.45, 7) is -4.44. The van der Waals surface area contributed by atoms with E-state index in [0.717, 1.165) is 30.3 Å². The maximum absolute atomic E-state index is 13.0. The van der Waals surface area contributed by atoms with Crippen LogP contribution in [0, 0.1) is 0 Å². The summed E-state index contributed by atoms with van der Waals surface area (Å²) in [5.74, 6) is 0.452. The summed E-state index contributed by atoms with van der Waals surface area (Å²) in [6.07, 6.45) is -5.69. The number of ether oxygens (including phenoxy) is 4. The van der Waals surface area contributed by atoms with Gasteiger partial charge in [0.25, 0.3) is 5.56 Å². The van der Waals surface area contributed by atoms with E-state index < -0.39 is 80.7 Å². The first kappa shape index (κ1) is 30.5. The monoisotopic (exact) mass is 693 g/mol. The molecule has 4 aromatic rings. The Morgan fingerprint density at radius 3 is 2.70 bits per heavy atom. The molecule has 8 rings (SSSR count). The van der Waals surface area contributed by atoms with Gasteiger partial charge < -0.3 is 54.2 Å². The summed E-state index contributed by atoms with van der Waals surface area (Å²) >= 11 is 5.27. The van der Waals surface area contributed by atoms with Gasteiger partial charge in [-0.05, 0) is 30.2 Å². The number of aromatic amines is 1. The molecule has 8 heterocycles. The highest BCUT2D eigenvalue weighted by Gasteiger charge is 2.52. The normalized spacial score (nSPS) is 34.4. The van der Waals surface area contributed by atoms with E-state index in [1.165, 1.54) is 17.2 Å². The van der Waals surface area contributed by atoms with Crippen molar-refractivity contribution in [2.24, 2.45) is 0 Å². The van der Waals surface area contributed by atoms with Crippen LogP contribution in [0.15, 0.2) is 23.6 Å². The van der Waals surface area contributed by atoms with Crippen molar-refractivity contribution < 1.29 is 47.9 Å². The molecule has 9 atom stereocenters. The Bertz CT molecular complexity index is 1990. The van der Waals surface area contributed by atoms with Crippen LogP contribution in [0.3, 0.4) is 0 Å². The van der Waals surface area contributed by atoms with E-state index >= 15 is 0 Å². The number of nitrogen functional groups attached to an aromatic ring is 1. The van der Waals surface area contributed by atoms with Gasteiger partial charge in [-0.25, -0.2) is 19.7 Å². The number of hydrogen-bond acceptors (Lipinski definition) is 17. The summed E-state index contributed by atoms with van der Waals surface area (Å²) in [7, 11) is 0. The van der Waals surface area contributed by atoms with Gasteiger partial charge in [-0.3, -0.25) is 18.9 Å². The van der Waals surface area contributed by atoms with E-state index in [2.05, 4.69) is 30.2 Å². The van der Waals surface area contributed by atoms with Gasteiger partial charge in [0.2, 0.25) is 5.95 Å². The van der Waals surface area contributed by atoms with Crippen LogP contribution in [0.4, 0.5) is 16.6 Å². The van der Waals surface area contributed by atoms with Crippen molar-refractivity contribution in [1.29, 1.82) is 0 Å². The summed E-state index contributed by atoms with van der Waals surface area (Å²) in [6, 6.07) is 0. The Hall–Kier alpha value is -3.79. The third-order valence-electron chi connectivity index (χ3n) is 8.48. The molecule has 0 radical (unpaired) electrons. The highest BCUT2D eigenvalue weighted by atomic mass is 32.5. The molecule has 47 heavy (non-hydrogen) atoms. The highest BCUT2D eigenvalue weighted by molar-refractivity contribution is 8.07. The molecule has 7 N–H and O–H groups in total. The first-order chi connectivity index (χ1) is 22.6. The van der Waals surface area contributed by atoms with E-state index in [4.69, 9.17) is 45.5 Å². The average Bonchev–Trinajstić information content (AvgIpc) is 3.73. The maximum Gasteiger partial charge on any atom is 0.508 e. The van der Waals surface area contributed by atoms with Gasteiger partial charge in [0.05, 0.1) is 18.3 Å². The fourth-order valence-electron chi connectivity index (χ4n) is 6.36. The van der Waals surface area contributed by atoms with E-state index in [1.807, 2.05) is 6.20 Å². The molecular weight excluding hydrogens is 665 g/mol. The second kappa shape index (κ2) is 11.4. The molecule has 20 nitrogen and oxygen atoms in total. The maximum atomic E-state index is 13.0. The number of aryl methyl sites for hydroxylation is 1. The lowest BCUT2D eigenvalue weighted by atomic mass is 10.1. The van der Waals surface area contributed by atoms with Crippen molar-refractivity contribution in [3.05, 3.63) is 34.8 Å². The number of nitrogens with zero attached hydrogens (tertiary/aromatic N) is 6. The van der Waals surface area contributed by atoms with Crippen LogP contribution in [0.2, 0.25) is 0 Å². The number of carbonyl (C=O) groups is 1. The average molecular weight is 694 g/mol. The highest BCUT2D eigenvalue weighted by Crippen LogP contribution is 2.50. The van der Waals surface area contributed by atoms with Crippen molar-refractivity contribution in [1.82, 2.24) is 34.1 Å². The number of fused-ring (bicyclic) bond motifs is 4. The Morgan fingerprint density at radius 2 is 1.85 bits per heavy atom. The van der Waals surface area contributed by atoms with Crippen molar-refractivity contribution in [2.75, 3.05) is 30.8 Å². The standard InChI is InChI=1S/C25H28N9O11PS/c26-24-31-20-13(21(37)32-24)30-8-34(20)23-17-14(35)10(42-23)6-41-46(39,47)45-16-11(5-40-25(38)44-17)43-22(15(16)36)33-4-9-2-1-3-27-18-12(9)19(33)29-7-28-18/h4,7-8,10-11,14-17,22-23,35-36H,1-3,5-6H2,(H,39,47)(H,27,28,29)(H3,26,31,32,37)/t10-,11-,14-,15-,16-,17-,22-,23-,46?/m1/s1. The molecule has 4 aromatic heterocycles. The van der Waals surface area contributed by atoms with Gasteiger partial charge in [0, 0.05) is 12.7 Å². The van der Waals surface area contributed by atoms with Gasteiger partial charge in [0.15, 0.2) is 29.7 Å². The SMILES string of the molecule is Nc1nc2c(ncn2[C@@H]2O[C@@H]3COP(O)(=S)O[C@H]4[C@@H](O)[C@H](n5cc6c7c(ncnc75)NCCC6)O[C@@H]4COC(=O)O[C@@H]2[C@@H]3O)c(=O)[nH]1. The van der Waals surface area contributed by atoms with Crippen LogP contribution >= 0.6 is 6.72 Å². The molecule has 0 spiro atoms. The molecule has 3 fully saturated rings. The zero-order valence-electron chi connectivity index (χ0n) is 24.1. The zero-order valence-corrected chi connectivity index (χ0v) is 25.8. The van der Waals surface area contributed by atoms with Crippen LogP contribution in [0.5, 0.6) is 0 Å². The molecule has 0 aromatic carbocycles. The van der Waals surface area contributed by atoms with Gasteiger partial charge in [-0.2, -0.15) is 4.98 Å². The van der Waals surface area contributed by atoms with E-state index in [9.17, 15) is 24.7 Å². The number of imidazole rings is 1. The molecule has 250 valence electrons. The lowest BCUT2D eigenvalue weighted by Crippen LogP contribution is -2.38. The summed E-state index contributed by atoms with van der Waals surface area (Å²) in [5.41, 5.74) is 6.45. The first-order valence-corrected chi connectivity index (χ1v) is 17.1. The number of aliphatic hydroxyl groups excluding tert-OH is 2. The van der Waals surface area contributed by atoms with Crippen molar-refractivity contribution in [3.8, 4) is 0 Å². The predicted octanol–water partition coefficient (Wildman–Crippen LogP) is -0.825. The molecule has 4 aliphatic heterocycles. The number of aliphatic hydroxyl groups is 2. The van der Waals surface area contributed by atoms with Crippen molar-refractivity contribution in [2.45, 2.75) is 61.9 Å². The Morgan fingerprint density at radius 1 is 1.02 bits per heavy atom. The number of hydrogen-bond donors (Lipinski definition) is 6. The molecule has 22 heteroatoms. The van der Waals surface area contributed by atoms with Gasteiger partial charge in [-0.1, -0.05) is 0 Å². The Kier molecular flexibility index (Phi) is 7.42. The van der Waals surface area contributed by atoms with Crippen molar-refractivity contribution in [3.63, 3.8) is 0 Å². The number of carbonyl (C=O) groups excluding carboxylic acids is 1. The van der Waals surface area contributed by atoms with Gasteiger partial charge >= 0.3 is 12.9 Å². The minimum absolute atomic E-state index is 0.00853. The number of nitrogens with one attached hydrogen (secondary N) is 2. The lowest BCUT2D eigenvalue weighted by Gasteiger charge is -2.26. The number of anilines is 2. The number of H-pyrrole nitrogens is 1. The van der Waals surface area contributed by atoms with Crippen LogP contribution in [-0.4, -0.2) is 112 Å². The molecule has 0 aliphatic carbocycles. The van der Waals surface area contributed by atoms with Gasteiger partial charge in [-0.15, -0.1) is 0 Å². The van der Waals surface area contributed by atoms with Gasteiger partial charge in [0.1, 0.15) is 54.9 Å². The quantitative estimate of drug-likeness (QED) is 0.111.